The van der Waals surface area contributed by atoms with Crippen molar-refractivity contribution in [3.05, 3.63) is 53.6 Å². The Kier molecular flexibility index (Phi) is 5.33. The average molecular weight is 340 g/mol. The van der Waals surface area contributed by atoms with Gasteiger partial charge in [-0.3, -0.25) is 4.79 Å². The number of methoxy groups -OCH3 is 1. The second-order valence-corrected chi connectivity index (χ2v) is 4.90. The summed E-state index contributed by atoms with van der Waals surface area (Å²) in [6.45, 7) is 1.57. The number of alkyl halides is 3. The zero-order chi connectivity index (χ0) is 17.7. The SMILES string of the molecule is COc1cc(C(C)=O)ccc1OCc1ccc(OC(F)(F)F)cc1. The third-order valence-corrected chi connectivity index (χ3v) is 3.12. The highest BCUT2D eigenvalue weighted by Crippen LogP contribution is 2.29. The molecule has 0 aliphatic rings. The Hall–Kier alpha value is -2.70. The number of halogens is 3. The van der Waals surface area contributed by atoms with Crippen LogP contribution >= 0.6 is 0 Å². The summed E-state index contributed by atoms with van der Waals surface area (Å²) in [4.78, 5) is 11.3. The number of benzene rings is 2. The predicted octanol–water partition coefficient (Wildman–Crippen LogP) is 4.38. The number of hydrogen-bond acceptors (Lipinski definition) is 4. The summed E-state index contributed by atoms with van der Waals surface area (Å²) in [6.07, 6.45) is -4.72. The van der Waals surface area contributed by atoms with Gasteiger partial charge in [-0.1, -0.05) is 12.1 Å². The van der Waals surface area contributed by atoms with Crippen molar-refractivity contribution >= 4 is 5.78 Å². The molecule has 0 saturated heterocycles. The molecule has 0 radical (unpaired) electrons. The summed E-state index contributed by atoms with van der Waals surface area (Å²) in [5.74, 6) is 0.438. The van der Waals surface area contributed by atoms with Crippen molar-refractivity contribution in [3.8, 4) is 17.2 Å². The van der Waals surface area contributed by atoms with Crippen molar-refractivity contribution in [1.29, 1.82) is 0 Å². The predicted molar refractivity (Wildman–Crippen MR) is 80.5 cm³/mol. The fraction of sp³-hybridized carbons (Fsp3) is 0.235. The van der Waals surface area contributed by atoms with Gasteiger partial charge in [-0.25, -0.2) is 0 Å². The van der Waals surface area contributed by atoms with Crippen LogP contribution in [0.5, 0.6) is 17.2 Å². The molecule has 24 heavy (non-hydrogen) atoms. The first kappa shape index (κ1) is 17.7. The summed E-state index contributed by atoms with van der Waals surface area (Å²) in [7, 11) is 1.45. The molecule has 0 saturated carbocycles. The van der Waals surface area contributed by atoms with Gasteiger partial charge in [-0.05, 0) is 42.8 Å². The minimum Gasteiger partial charge on any atom is -0.493 e. The maximum atomic E-state index is 12.1. The topological polar surface area (TPSA) is 44.8 Å². The average Bonchev–Trinajstić information content (AvgIpc) is 2.52. The highest BCUT2D eigenvalue weighted by molar-refractivity contribution is 5.94. The molecule has 0 atom stereocenters. The van der Waals surface area contributed by atoms with E-state index < -0.39 is 6.36 Å². The van der Waals surface area contributed by atoms with Gasteiger partial charge in [0.05, 0.1) is 7.11 Å². The monoisotopic (exact) mass is 340 g/mol. The van der Waals surface area contributed by atoms with Crippen LogP contribution in [-0.2, 0) is 6.61 Å². The largest absolute Gasteiger partial charge is 0.573 e. The summed E-state index contributed by atoms with van der Waals surface area (Å²) >= 11 is 0. The number of hydrogen-bond donors (Lipinski definition) is 0. The normalized spacial score (nSPS) is 11.0. The van der Waals surface area contributed by atoms with Crippen molar-refractivity contribution in [1.82, 2.24) is 0 Å². The first-order chi connectivity index (χ1) is 11.3. The van der Waals surface area contributed by atoms with E-state index in [-0.39, 0.29) is 18.1 Å². The molecule has 2 rings (SSSR count). The van der Waals surface area contributed by atoms with E-state index in [1.807, 2.05) is 0 Å². The minimum absolute atomic E-state index is 0.0971. The van der Waals surface area contributed by atoms with Crippen LogP contribution in [0.3, 0.4) is 0 Å². The molecule has 128 valence electrons. The molecule has 0 N–H and O–H groups in total. The van der Waals surface area contributed by atoms with E-state index in [4.69, 9.17) is 9.47 Å². The van der Waals surface area contributed by atoms with Gasteiger partial charge in [0.25, 0.3) is 0 Å². The quantitative estimate of drug-likeness (QED) is 0.732. The molecule has 2 aromatic carbocycles. The standard InChI is InChI=1S/C17H15F3O4/c1-11(21)13-5-8-15(16(9-13)22-2)23-10-12-3-6-14(7-4-12)24-17(18,19)20/h3-9H,10H2,1-2H3. The molecule has 0 fully saturated rings. The lowest BCUT2D eigenvalue weighted by Gasteiger charge is -2.12. The molecule has 4 nitrogen and oxygen atoms in total. The lowest BCUT2D eigenvalue weighted by atomic mass is 10.1. The molecular formula is C17H15F3O4. The molecule has 0 spiro atoms. The van der Waals surface area contributed by atoms with E-state index in [1.54, 1.807) is 18.2 Å². The van der Waals surface area contributed by atoms with E-state index in [9.17, 15) is 18.0 Å². The molecule has 7 heteroatoms. The van der Waals surface area contributed by atoms with E-state index in [1.165, 1.54) is 38.3 Å². The number of ether oxygens (including phenoxy) is 3. The maximum absolute atomic E-state index is 12.1. The van der Waals surface area contributed by atoms with Crippen LogP contribution in [0.2, 0.25) is 0 Å². The van der Waals surface area contributed by atoms with Crippen LogP contribution in [-0.4, -0.2) is 19.3 Å². The van der Waals surface area contributed by atoms with Crippen molar-refractivity contribution < 1.29 is 32.2 Å². The smallest absolute Gasteiger partial charge is 0.493 e. The minimum atomic E-state index is -4.72. The van der Waals surface area contributed by atoms with Crippen LogP contribution in [0, 0.1) is 0 Å². The third-order valence-electron chi connectivity index (χ3n) is 3.12. The number of Topliss-reactive ketones (excluding diaryl/α,β-unsaturated/α-hetero) is 1. The molecule has 0 amide bonds. The molecule has 0 bridgehead atoms. The number of ketones is 1. The molecule has 0 unspecified atom stereocenters. The fourth-order valence-corrected chi connectivity index (χ4v) is 1.95. The Morgan fingerprint density at radius 2 is 1.71 bits per heavy atom. The van der Waals surface area contributed by atoms with Gasteiger partial charge in [-0.15, -0.1) is 13.2 Å². The zero-order valence-corrected chi connectivity index (χ0v) is 13.0. The van der Waals surface area contributed by atoms with Crippen molar-refractivity contribution in [2.75, 3.05) is 7.11 Å². The van der Waals surface area contributed by atoms with Gasteiger partial charge in [0, 0.05) is 5.56 Å². The molecule has 0 aliphatic heterocycles. The van der Waals surface area contributed by atoms with Crippen LogP contribution < -0.4 is 14.2 Å². The highest BCUT2D eigenvalue weighted by Gasteiger charge is 2.30. The second kappa shape index (κ2) is 7.25. The van der Waals surface area contributed by atoms with E-state index >= 15 is 0 Å². The first-order valence-electron chi connectivity index (χ1n) is 6.95. The number of carbonyl (C=O) groups is 1. The van der Waals surface area contributed by atoms with Gasteiger partial charge in [0.2, 0.25) is 0 Å². The van der Waals surface area contributed by atoms with E-state index in [0.29, 0.717) is 22.6 Å². The van der Waals surface area contributed by atoms with Crippen LogP contribution in [0.25, 0.3) is 0 Å². The van der Waals surface area contributed by atoms with Gasteiger partial charge in [0.15, 0.2) is 17.3 Å². The van der Waals surface area contributed by atoms with Gasteiger partial charge in [0.1, 0.15) is 12.4 Å². The van der Waals surface area contributed by atoms with Crippen molar-refractivity contribution in [2.45, 2.75) is 19.9 Å². The van der Waals surface area contributed by atoms with Crippen molar-refractivity contribution in [3.63, 3.8) is 0 Å². The molecule has 0 aromatic heterocycles. The van der Waals surface area contributed by atoms with Gasteiger partial charge in [-0.2, -0.15) is 0 Å². The Labute approximate surface area is 136 Å². The van der Waals surface area contributed by atoms with Crippen LogP contribution in [0.1, 0.15) is 22.8 Å². The molecule has 0 aliphatic carbocycles. The fourth-order valence-electron chi connectivity index (χ4n) is 1.95. The highest BCUT2D eigenvalue weighted by atomic mass is 19.4. The molecule has 0 heterocycles. The Morgan fingerprint density at radius 1 is 1.04 bits per heavy atom. The summed E-state index contributed by atoms with van der Waals surface area (Å²) < 4.78 is 50.9. The Balaban J connectivity index is 2.04. The first-order valence-corrected chi connectivity index (χ1v) is 6.95. The second-order valence-electron chi connectivity index (χ2n) is 4.90. The Bertz CT molecular complexity index is 709. The molecular weight excluding hydrogens is 325 g/mol. The van der Waals surface area contributed by atoms with Crippen LogP contribution in [0.15, 0.2) is 42.5 Å². The summed E-state index contributed by atoms with van der Waals surface area (Å²) in [5, 5.41) is 0. The molecule has 2 aromatic rings. The zero-order valence-electron chi connectivity index (χ0n) is 13.0. The van der Waals surface area contributed by atoms with E-state index in [2.05, 4.69) is 4.74 Å². The van der Waals surface area contributed by atoms with Crippen LogP contribution in [0.4, 0.5) is 13.2 Å². The number of rotatable bonds is 6. The maximum Gasteiger partial charge on any atom is 0.573 e. The number of carbonyl (C=O) groups excluding carboxylic acids is 1. The lowest BCUT2D eigenvalue weighted by Crippen LogP contribution is -2.17. The Morgan fingerprint density at radius 3 is 2.25 bits per heavy atom. The van der Waals surface area contributed by atoms with Gasteiger partial charge < -0.3 is 14.2 Å². The summed E-state index contributed by atoms with van der Waals surface area (Å²) in [5.41, 5.74) is 1.15. The summed E-state index contributed by atoms with van der Waals surface area (Å²) in [6, 6.07) is 10.1. The van der Waals surface area contributed by atoms with E-state index in [0.717, 1.165) is 0 Å². The lowest BCUT2D eigenvalue weighted by molar-refractivity contribution is -0.274. The third kappa shape index (κ3) is 4.91. The van der Waals surface area contributed by atoms with Gasteiger partial charge >= 0.3 is 6.36 Å². The van der Waals surface area contributed by atoms with Crippen molar-refractivity contribution in [2.24, 2.45) is 0 Å².